The van der Waals surface area contributed by atoms with E-state index in [9.17, 15) is 9.59 Å². The van der Waals surface area contributed by atoms with Gasteiger partial charge in [0.1, 0.15) is 11.9 Å². The molecule has 160 valence electrons. The summed E-state index contributed by atoms with van der Waals surface area (Å²) in [7, 11) is 1.61. The van der Waals surface area contributed by atoms with Crippen molar-refractivity contribution in [3.05, 3.63) is 29.8 Å². The first kappa shape index (κ1) is 21.6. The van der Waals surface area contributed by atoms with Crippen molar-refractivity contribution in [2.45, 2.75) is 51.6 Å². The van der Waals surface area contributed by atoms with Gasteiger partial charge in [-0.2, -0.15) is 0 Å². The van der Waals surface area contributed by atoms with Crippen molar-refractivity contribution in [1.29, 1.82) is 0 Å². The Morgan fingerprint density at radius 3 is 2.38 bits per heavy atom. The third kappa shape index (κ3) is 6.46. The molecule has 1 aliphatic carbocycles. The molecular weight excluding hydrogens is 368 g/mol. The average Bonchev–Trinajstić information content (AvgIpc) is 3.56. The second kappa shape index (κ2) is 10.6. The summed E-state index contributed by atoms with van der Waals surface area (Å²) in [5.74, 6) is 1.75. The summed E-state index contributed by atoms with van der Waals surface area (Å²) in [6.45, 7) is 5.72. The van der Waals surface area contributed by atoms with Crippen LogP contribution in [0.1, 0.15) is 55.8 Å². The lowest BCUT2D eigenvalue weighted by molar-refractivity contribution is -0.133. The lowest BCUT2D eigenvalue weighted by Crippen LogP contribution is -2.42. The van der Waals surface area contributed by atoms with E-state index in [4.69, 9.17) is 9.47 Å². The minimum absolute atomic E-state index is 0.106. The molecule has 29 heavy (non-hydrogen) atoms. The molecule has 1 aromatic rings. The van der Waals surface area contributed by atoms with Gasteiger partial charge in [-0.15, -0.1) is 0 Å². The number of piperidine rings is 1. The standard InChI is InChI=1S/C23H34N2O4/c1-3-13-25(17-18-4-5-18)23(27)19-6-8-20(9-7-19)29-21-10-14-24(15-11-21)22(26)12-16-28-2/h6-9,18,21H,3-5,10-17H2,1-2H3. The van der Waals surface area contributed by atoms with Crippen LogP contribution in [-0.4, -0.2) is 67.6 Å². The number of amides is 2. The molecule has 1 saturated carbocycles. The molecule has 1 saturated heterocycles. The molecule has 0 atom stereocenters. The van der Waals surface area contributed by atoms with Gasteiger partial charge in [-0.3, -0.25) is 9.59 Å². The zero-order chi connectivity index (χ0) is 20.6. The van der Waals surface area contributed by atoms with E-state index in [0.717, 1.165) is 56.8 Å². The highest BCUT2D eigenvalue weighted by Gasteiger charge is 2.27. The van der Waals surface area contributed by atoms with Crippen LogP contribution >= 0.6 is 0 Å². The molecule has 0 unspecified atom stereocenters. The minimum atomic E-state index is 0.106. The quantitative estimate of drug-likeness (QED) is 0.602. The molecule has 2 fully saturated rings. The molecule has 0 spiro atoms. The number of likely N-dealkylation sites (tertiary alicyclic amines) is 1. The van der Waals surface area contributed by atoms with Gasteiger partial charge in [-0.1, -0.05) is 6.92 Å². The molecule has 2 aliphatic rings. The molecule has 0 radical (unpaired) electrons. The molecule has 3 rings (SSSR count). The number of hydrogen-bond donors (Lipinski definition) is 0. The maximum atomic E-state index is 12.8. The van der Waals surface area contributed by atoms with Gasteiger partial charge in [0, 0.05) is 51.7 Å². The average molecular weight is 403 g/mol. The van der Waals surface area contributed by atoms with Crippen LogP contribution in [0.15, 0.2) is 24.3 Å². The lowest BCUT2D eigenvalue weighted by atomic mass is 10.1. The SMILES string of the molecule is CCCN(CC1CC1)C(=O)c1ccc(OC2CCN(C(=O)CCOC)CC2)cc1. The Labute approximate surface area is 174 Å². The number of rotatable bonds is 10. The number of benzene rings is 1. The van der Waals surface area contributed by atoms with Crippen molar-refractivity contribution < 1.29 is 19.1 Å². The van der Waals surface area contributed by atoms with Crippen LogP contribution in [0.4, 0.5) is 0 Å². The Hall–Kier alpha value is -2.08. The molecule has 1 aliphatic heterocycles. The molecule has 1 heterocycles. The third-order valence-electron chi connectivity index (χ3n) is 5.68. The van der Waals surface area contributed by atoms with Gasteiger partial charge in [0.05, 0.1) is 13.0 Å². The number of carbonyl (C=O) groups excluding carboxylic acids is 2. The number of ether oxygens (including phenoxy) is 2. The van der Waals surface area contributed by atoms with Crippen molar-refractivity contribution in [1.82, 2.24) is 9.80 Å². The molecule has 2 amide bonds. The smallest absolute Gasteiger partial charge is 0.253 e. The van der Waals surface area contributed by atoms with Crippen LogP contribution in [0.3, 0.4) is 0 Å². The Balaban J connectivity index is 1.48. The first-order chi connectivity index (χ1) is 14.1. The highest BCUT2D eigenvalue weighted by molar-refractivity contribution is 5.94. The van der Waals surface area contributed by atoms with Crippen LogP contribution in [0, 0.1) is 5.92 Å². The highest BCUT2D eigenvalue weighted by atomic mass is 16.5. The zero-order valence-corrected chi connectivity index (χ0v) is 17.8. The number of nitrogens with zero attached hydrogens (tertiary/aromatic N) is 2. The van der Waals surface area contributed by atoms with Crippen LogP contribution in [0.2, 0.25) is 0 Å². The minimum Gasteiger partial charge on any atom is -0.490 e. The number of hydrogen-bond acceptors (Lipinski definition) is 4. The third-order valence-corrected chi connectivity index (χ3v) is 5.68. The van der Waals surface area contributed by atoms with E-state index in [1.165, 1.54) is 12.8 Å². The van der Waals surface area contributed by atoms with Gasteiger partial charge in [-0.25, -0.2) is 0 Å². The maximum absolute atomic E-state index is 12.8. The Bertz CT molecular complexity index is 664. The topological polar surface area (TPSA) is 59.1 Å². The van der Waals surface area contributed by atoms with Crippen LogP contribution in [0.25, 0.3) is 0 Å². The van der Waals surface area contributed by atoms with Gasteiger partial charge < -0.3 is 19.3 Å². The molecule has 0 N–H and O–H groups in total. The fourth-order valence-electron chi connectivity index (χ4n) is 3.78. The predicted molar refractivity (Wildman–Crippen MR) is 112 cm³/mol. The van der Waals surface area contributed by atoms with Crippen molar-refractivity contribution >= 4 is 11.8 Å². The lowest BCUT2D eigenvalue weighted by Gasteiger charge is -2.32. The maximum Gasteiger partial charge on any atom is 0.253 e. The first-order valence-electron chi connectivity index (χ1n) is 10.9. The van der Waals surface area contributed by atoms with Crippen molar-refractivity contribution in [2.75, 3.05) is 39.9 Å². The zero-order valence-electron chi connectivity index (χ0n) is 17.8. The summed E-state index contributed by atoms with van der Waals surface area (Å²) in [5.41, 5.74) is 0.727. The fourth-order valence-corrected chi connectivity index (χ4v) is 3.78. The Morgan fingerprint density at radius 1 is 1.10 bits per heavy atom. The number of methoxy groups -OCH3 is 1. The van der Waals surface area contributed by atoms with E-state index in [0.29, 0.717) is 18.9 Å². The van der Waals surface area contributed by atoms with E-state index in [-0.39, 0.29) is 17.9 Å². The van der Waals surface area contributed by atoms with Gasteiger partial charge >= 0.3 is 0 Å². The molecular formula is C23H34N2O4. The van der Waals surface area contributed by atoms with Gasteiger partial charge in [0.15, 0.2) is 0 Å². The summed E-state index contributed by atoms with van der Waals surface area (Å²) in [5, 5.41) is 0. The summed E-state index contributed by atoms with van der Waals surface area (Å²) in [6.07, 6.45) is 5.67. The Kier molecular flexibility index (Phi) is 7.92. The largest absolute Gasteiger partial charge is 0.490 e. The van der Waals surface area contributed by atoms with Crippen molar-refractivity contribution in [3.63, 3.8) is 0 Å². The molecule has 6 heteroatoms. The van der Waals surface area contributed by atoms with E-state index in [1.807, 2.05) is 34.1 Å². The fraction of sp³-hybridized carbons (Fsp3) is 0.652. The van der Waals surface area contributed by atoms with Gasteiger partial charge in [-0.05, 0) is 49.4 Å². The van der Waals surface area contributed by atoms with E-state index in [2.05, 4.69) is 6.92 Å². The van der Waals surface area contributed by atoms with E-state index >= 15 is 0 Å². The molecule has 1 aromatic carbocycles. The summed E-state index contributed by atoms with van der Waals surface area (Å²) in [6, 6.07) is 7.53. The van der Waals surface area contributed by atoms with Crippen molar-refractivity contribution in [2.24, 2.45) is 5.92 Å². The monoisotopic (exact) mass is 402 g/mol. The van der Waals surface area contributed by atoms with Crippen LogP contribution < -0.4 is 4.74 Å². The van der Waals surface area contributed by atoms with E-state index in [1.54, 1.807) is 7.11 Å². The van der Waals surface area contributed by atoms with Crippen LogP contribution in [-0.2, 0) is 9.53 Å². The second-order valence-corrected chi connectivity index (χ2v) is 8.16. The molecule has 0 bridgehead atoms. The van der Waals surface area contributed by atoms with Gasteiger partial charge in [0.25, 0.3) is 5.91 Å². The van der Waals surface area contributed by atoms with Crippen molar-refractivity contribution in [3.8, 4) is 5.75 Å². The van der Waals surface area contributed by atoms with Gasteiger partial charge in [0.2, 0.25) is 5.91 Å². The summed E-state index contributed by atoms with van der Waals surface area (Å²) < 4.78 is 11.1. The highest BCUT2D eigenvalue weighted by Crippen LogP contribution is 2.30. The normalized spacial score (nSPS) is 17.2. The molecule has 0 aromatic heterocycles. The molecule has 6 nitrogen and oxygen atoms in total. The summed E-state index contributed by atoms with van der Waals surface area (Å²) in [4.78, 5) is 28.8. The van der Waals surface area contributed by atoms with E-state index < -0.39 is 0 Å². The second-order valence-electron chi connectivity index (χ2n) is 8.16. The first-order valence-corrected chi connectivity index (χ1v) is 10.9. The number of carbonyl (C=O) groups is 2. The summed E-state index contributed by atoms with van der Waals surface area (Å²) >= 11 is 0. The Morgan fingerprint density at radius 2 is 1.79 bits per heavy atom. The predicted octanol–water partition coefficient (Wildman–Crippen LogP) is 3.36. The van der Waals surface area contributed by atoms with Crippen LogP contribution in [0.5, 0.6) is 5.75 Å².